The molecular weight excluding hydrogens is 915 g/mol. The van der Waals surface area contributed by atoms with Crippen molar-refractivity contribution in [1.29, 1.82) is 0 Å². The summed E-state index contributed by atoms with van der Waals surface area (Å²) in [4.78, 5) is 13.6. The molecule has 0 radical (unpaired) electrons. The van der Waals surface area contributed by atoms with Crippen molar-refractivity contribution >= 4 is 72.5 Å². The topological polar surface area (TPSA) is 58.1 Å². The first-order chi connectivity index (χ1) is 37.2. The van der Waals surface area contributed by atoms with Crippen LogP contribution in [0.2, 0.25) is 0 Å². The third-order valence-corrected chi connectivity index (χ3v) is 15.0. The second-order valence-electron chi connectivity index (χ2n) is 19.2. The van der Waals surface area contributed by atoms with Gasteiger partial charge in [0.25, 0.3) is 0 Å². The lowest BCUT2D eigenvalue weighted by Gasteiger charge is -2.32. The zero-order valence-electron chi connectivity index (χ0n) is 41.0. The molecular formula is C69H49N5O. The van der Waals surface area contributed by atoms with Gasteiger partial charge in [-0.1, -0.05) is 237 Å². The molecule has 0 bridgehead atoms. The van der Waals surface area contributed by atoms with E-state index in [-0.39, 0.29) is 12.0 Å². The minimum absolute atomic E-state index is 0.0357. The molecule has 3 atom stereocenters. The van der Waals surface area contributed by atoms with Crippen molar-refractivity contribution in [3.8, 4) is 22.3 Å². The Morgan fingerprint density at radius 1 is 0.533 bits per heavy atom. The molecule has 2 aliphatic heterocycles. The Kier molecular flexibility index (Phi) is 10.8. The van der Waals surface area contributed by atoms with E-state index < -0.39 is 6.17 Å². The maximum absolute atomic E-state index is 7.56. The molecule has 1 aliphatic carbocycles. The van der Waals surface area contributed by atoms with Gasteiger partial charge in [-0.05, 0) is 63.7 Å². The number of fused-ring (bicyclic) bond motifs is 11. The second-order valence-corrected chi connectivity index (χ2v) is 19.2. The van der Waals surface area contributed by atoms with E-state index in [1.54, 1.807) is 0 Å². The molecule has 0 amide bonds. The lowest BCUT2D eigenvalue weighted by Crippen LogP contribution is -2.36. The number of nitrogens with zero attached hydrogens (tertiary/aromatic N) is 4. The van der Waals surface area contributed by atoms with E-state index in [1.807, 2.05) is 12.2 Å². The average Bonchev–Trinajstić information content (AvgIpc) is 4.17. The number of para-hydroxylation sites is 2. The third kappa shape index (κ3) is 7.33. The molecule has 0 spiro atoms. The standard InChI is InChI=1S/C69H49N5O/c1-2-3-7-37-59(47-28-12-6-13-29-47)73-60-38-21-18-32-50(60)52-41-43-54-55-44-42-53-51-33-19-22-39-61(51)74(64(53)66(55)75-65(54)63(52)73)62-40-23-20-36-58(62)69-71-67(56-34-16-14-30-48(56)45-24-8-4-9-25-45)70-68(72-69)57-35-17-15-31-49(57)46-26-10-5-11-27-46/h2-44,51,61,67H,1H2,(H,70,71,72)/b7-3-,59-37+. The van der Waals surface area contributed by atoms with Crippen molar-refractivity contribution in [2.24, 2.45) is 9.98 Å². The lowest BCUT2D eigenvalue weighted by molar-refractivity contribution is 0.669. The SMILES string of the molecule is C=C/C=C\C=C(/c1ccccc1)n1c2ccccc2c2ccc3c4ccc5c(c4oc3c21)N(c1ccccc1C1=NC(c2ccccc2-c2ccccc2)=NC(c2ccccc2-c2ccccc2)N1)C1C=CC=CC51. The molecule has 0 saturated heterocycles. The lowest BCUT2D eigenvalue weighted by atomic mass is 9.91. The Morgan fingerprint density at radius 3 is 1.96 bits per heavy atom. The average molecular weight is 964 g/mol. The van der Waals surface area contributed by atoms with Crippen LogP contribution in [0.5, 0.6) is 0 Å². The summed E-state index contributed by atoms with van der Waals surface area (Å²) >= 11 is 0. The van der Waals surface area contributed by atoms with E-state index in [0.717, 1.165) is 111 Å². The molecule has 0 fully saturated rings. The highest BCUT2D eigenvalue weighted by atomic mass is 16.3. The zero-order chi connectivity index (χ0) is 49.8. The largest absolute Gasteiger partial charge is 0.452 e. The van der Waals surface area contributed by atoms with Crippen molar-refractivity contribution < 1.29 is 4.42 Å². The van der Waals surface area contributed by atoms with Gasteiger partial charge < -0.3 is 19.2 Å². The zero-order valence-corrected chi connectivity index (χ0v) is 41.0. The molecule has 3 unspecified atom stereocenters. The summed E-state index contributed by atoms with van der Waals surface area (Å²) in [6, 6.07) is 75.2. The summed E-state index contributed by atoms with van der Waals surface area (Å²) in [7, 11) is 0. The van der Waals surface area contributed by atoms with Gasteiger partial charge in [-0.15, -0.1) is 0 Å². The Balaban J connectivity index is 0.987. The summed E-state index contributed by atoms with van der Waals surface area (Å²) in [5.74, 6) is 1.47. The Bertz CT molecular complexity index is 4250. The highest BCUT2D eigenvalue weighted by Crippen LogP contribution is 2.54. The fraction of sp³-hybridized carbons (Fsp3) is 0.0435. The number of benzene rings is 9. The Morgan fingerprint density at radius 2 is 1.16 bits per heavy atom. The number of rotatable bonds is 10. The maximum atomic E-state index is 7.56. The van der Waals surface area contributed by atoms with Crippen molar-refractivity contribution in [3.63, 3.8) is 0 Å². The molecule has 1 N–H and O–H groups in total. The quantitative estimate of drug-likeness (QED) is 0.139. The van der Waals surface area contributed by atoms with E-state index >= 15 is 0 Å². The van der Waals surface area contributed by atoms with E-state index in [0.29, 0.717) is 5.84 Å². The van der Waals surface area contributed by atoms with Crippen LogP contribution in [-0.2, 0) is 0 Å². The number of anilines is 2. The number of hydrogen-bond donors (Lipinski definition) is 1. The number of aromatic nitrogens is 1. The second kappa shape index (κ2) is 18.4. The summed E-state index contributed by atoms with van der Waals surface area (Å²) < 4.78 is 9.94. The van der Waals surface area contributed by atoms with Gasteiger partial charge in [0.05, 0.1) is 34.1 Å². The minimum Gasteiger partial charge on any atom is -0.452 e. The van der Waals surface area contributed by atoms with Crippen LogP contribution in [-0.4, -0.2) is 22.3 Å². The Hall–Kier alpha value is -9.78. The van der Waals surface area contributed by atoms with Gasteiger partial charge in [0.15, 0.2) is 17.0 Å². The number of furan rings is 1. The molecule has 75 heavy (non-hydrogen) atoms. The van der Waals surface area contributed by atoms with E-state index in [9.17, 15) is 0 Å². The molecule has 356 valence electrons. The van der Waals surface area contributed by atoms with Crippen LogP contribution >= 0.6 is 0 Å². The third-order valence-electron chi connectivity index (χ3n) is 15.0. The first-order valence-corrected chi connectivity index (χ1v) is 25.6. The van der Waals surface area contributed by atoms with Gasteiger partial charge in [-0.3, -0.25) is 0 Å². The smallest absolute Gasteiger partial charge is 0.160 e. The number of aliphatic imine (C=N–C) groups is 2. The molecule has 0 saturated carbocycles. The minimum atomic E-state index is -0.463. The molecule has 3 aliphatic rings. The van der Waals surface area contributed by atoms with Crippen molar-refractivity contribution in [1.82, 2.24) is 9.88 Å². The fourth-order valence-corrected chi connectivity index (χ4v) is 11.7. The summed E-state index contributed by atoms with van der Waals surface area (Å²) in [5, 5.41) is 8.32. The number of hydrogen-bond acceptors (Lipinski definition) is 5. The van der Waals surface area contributed by atoms with E-state index in [1.165, 1.54) is 5.56 Å². The van der Waals surface area contributed by atoms with Crippen LogP contribution < -0.4 is 10.2 Å². The van der Waals surface area contributed by atoms with Crippen LogP contribution in [0.15, 0.2) is 282 Å². The van der Waals surface area contributed by atoms with Crippen LogP contribution in [0.4, 0.5) is 11.4 Å². The van der Waals surface area contributed by atoms with Crippen LogP contribution in [0.25, 0.3) is 71.7 Å². The summed E-state index contributed by atoms with van der Waals surface area (Å²) in [5.41, 5.74) is 16.6. The van der Waals surface area contributed by atoms with Gasteiger partial charge in [-0.25, -0.2) is 9.98 Å². The fourth-order valence-electron chi connectivity index (χ4n) is 11.7. The monoisotopic (exact) mass is 963 g/mol. The normalized spacial score (nSPS) is 17.1. The van der Waals surface area contributed by atoms with Crippen molar-refractivity contribution in [3.05, 3.63) is 295 Å². The van der Waals surface area contributed by atoms with Crippen LogP contribution in [0.1, 0.15) is 39.9 Å². The van der Waals surface area contributed by atoms with Gasteiger partial charge in [0.1, 0.15) is 12.0 Å². The molecule has 11 aromatic rings. The van der Waals surface area contributed by atoms with Gasteiger partial charge in [0.2, 0.25) is 0 Å². The predicted octanol–water partition coefficient (Wildman–Crippen LogP) is 16.9. The van der Waals surface area contributed by atoms with E-state index in [4.69, 9.17) is 14.4 Å². The van der Waals surface area contributed by atoms with Crippen LogP contribution in [0.3, 0.4) is 0 Å². The molecule has 4 heterocycles. The Labute approximate surface area is 435 Å². The van der Waals surface area contributed by atoms with Crippen LogP contribution in [0, 0.1) is 0 Å². The maximum Gasteiger partial charge on any atom is 0.160 e. The first-order valence-electron chi connectivity index (χ1n) is 25.6. The predicted molar refractivity (Wildman–Crippen MR) is 312 cm³/mol. The molecule has 6 heteroatoms. The first kappa shape index (κ1) is 44.0. The van der Waals surface area contributed by atoms with Crippen molar-refractivity contribution in [2.45, 2.75) is 18.1 Å². The number of amidine groups is 2. The molecule has 9 aromatic carbocycles. The molecule has 2 aromatic heterocycles. The van der Waals surface area contributed by atoms with Crippen molar-refractivity contribution in [2.75, 3.05) is 4.90 Å². The highest BCUT2D eigenvalue weighted by Gasteiger charge is 2.41. The molecule has 6 nitrogen and oxygen atoms in total. The summed E-state index contributed by atoms with van der Waals surface area (Å²) in [6.45, 7) is 3.97. The molecule has 14 rings (SSSR count). The number of nitrogens with one attached hydrogen (secondary N) is 1. The van der Waals surface area contributed by atoms with E-state index in [2.05, 4.69) is 270 Å². The van der Waals surface area contributed by atoms with Gasteiger partial charge in [-0.2, -0.15) is 0 Å². The number of allylic oxidation sites excluding steroid dienone is 6. The van der Waals surface area contributed by atoms with Gasteiger partial charge >= 0.3 is 0 Å². The van der Waals surface area contributed by atoms with Gasteiger partial charge in [0, 0.05) is 44.2 Å². The highest BCUT2D eigenvalue weighted by molar-refractivity contribution is 6.24. The summed E-state index contributed by atoms with van der Waals surface area (Å²) in [6.07, 6.45) is 16.6.